The molecule has 2 aromatic rings. The molecule has 0 radical (unpaired) electrons. The van der Waals surface area contributed by atoms with Crippen molar-refractivity contribution in [2.45, 2.75) is 6.92 Å². The predicted octanol–water partition coefficient (Wildman–Crippen LogP) is 2.90. The van der Waals surface area contributed by atoms with Gasteiger partial charge >= 0.3 is 5.97 Å². The van der Waals surface area contributed by atoms with E-state index in [9.17, 15) is 14.9 Å². The van der Waals surface area contributed by atoms with Crippen LogP contribution in [0, 0.1) is 10.1 Å². The number of nitrogens with zero attached hydrogens (tertiary/aromatic N) is 2. The number of ether oxygens (including phenoxy) is 1. The topological polar surface area (TPSA) is 82.3 Å². The van der Waals surface area contributed by atoms with Crippen molar-refractivity contribution in [2.24, 2.45) is 0 Å². The van der Waals surface area contributed by atoms with Crippen molar-refractivity contribution in [1.29, 1.82) is 0 Å². The number of carbonyl (C=O) groups excluding carboxylic acids is 1. The molecule has 19 heavy (non-hydrogen) atoms. The van der Waals surface area contributed by atoms with E-state index in [1.54, 1.807) is 24.4 Å². The Hall–Kier alpha value is -2.28. The first-order chi connectivity index (χ1) is 9.11. The Morgan fingerprint density at radius 2 is 2.32 bits per heavy atom. The molecule has 1 aromatic carbocycles. The summed E-state index contributed by atoms with van der Waals surface area (Å²) in [5, 5.41) is 12.8. The Kier molecular flexibility index (Phi) is 3.86. The van der Waals surface area contributed by atoms with E-state index in [4.69, 9.17) is 4.74 Å². The second kappa shape index (κ2) is 5.57. The number of esters is 1. The van der Waals surface area contributed by atoms with Gasteiger partial charge in [-0.1, -0.05) is 12.1 Å². The molecular formula is C12H10N2O4S. The summed E-state index contributed by atoms with van der Waals surface area (Å²) in [4.78, 5) is 25.8. The third-order valence-corrected chi connectivity index (χ3v) is 3.18. The van der Waals surface area contributed by atoms with Gasteiger partial charge in [-0.05, 0) is 6.92 Å². The lowest BCUT2D eigenvalue weighted by Crippen LogP contribution is -2.04. The van der Waals surface area contributed by atoms with Crippen LogP contribution in [0.4, 0.5) is 5.69 Å². The largest absolute Gasteiger partial charge is 0.461 e. The molecule has 0 saturated heterocycles. The standard InChI is InChI=1S/C12H10N2O4S/c1-2-18-12(15)10-7-19-11(13-10)8-4-3-5-9(6-8)14(16)17/h3-7H,2H2,1H3. The van der Waals surface area contributed by atoms with Crippen molar-refractivity contribution in [2.75, 3.05) is 6.61 Å². The van der Waals surface area contributed by atoms with Gasteiger partial charge in [-0.2, -0.15) is 0 Å². The number of thiazole rings is 1. The van der Waals surface area contributed by atoms with E-state index >= 15 is 0 Å². The number of benzene rings is 1. The lowest BCUT2D eigenvalue weighted by molar-refractivity contribution is -0.384. The summed E-state index contributed by atoms with van der Waals surface area (Å²) in [7, 11) is 0. The van der Waals surface area contributed by atoms with Crippen LogP contribution < -0.4 is 0 Å². The molecule has 0 spiro atoms. The Bertz CT molecular complexity index is 624. The molecule has 1 heterocycles. The van der Waals surface area contributed by atoms with E-state index in [0.717, 1.165) is 0 Å². The highest BCUT2D eigenvalue weighted by Crippen LogP contribution is 2.27. The Balaban J connectivity index is 2.30. The van der Waals surface area contributed by atoms with E-state index in [1.165, 1.54) is 23.5 Å². The summed E-state index contributed by atoms with van der Waals surface area (Å²) in [5.74, 6) is -0.490. The maximum absolute atomic E-state index is 11.5. The van der Waals surface area contributed by atoms with Crippen LogP contribution in [0.15, 0.2) is 29.6 Å². The summed E-state index contributed by atoms with van der Waals surface area (Å²) in [5.41, 5.74) is 0.813. The fraction of sp³-hybridized carbons (Fsp3) is 0.167. The Morgan fingerprint density at radius 1 is 1.53 bits per heavy atom. The van der Waals surface area contributed by atoms with E-state index in [-0.39, 0.29) is 18.0 Å². The van der Waals surface area contributed by atoms with Gasteiger partial charge < -0.3 is 4.74 Å². The van der Waals surface area contributed by atoms with Crippen LogP contribution >= 0.6 is 11.3 Å². The molecule has 1 aromatic heterocycles. The van der Waals surface area contributed by atoms with Gasteiger partial charge in [0.05, 0.1) is 11.5 Å². The maximum atomic E-state index is 11.5. The predicted molar refractivity (Wildman–Crippen MR) is 70.2 cm³/mol. The molecule has 98 valence electrons. The average molecular weight is 278 g/mol. The zero-order chi connectivity index (χ0) is 13.8. The lowest BCUT2D eigenvalue weighted by Gasteiger charge is -1.97. The normalized spacial score (nSPS) is 10.2. The molecular weight excluding hydrogens is 268 g/mol. The van der Waals surface area contributed by atoms with Gasteiger partial charge in [-0.15, -0.1) is 11.3 Å². The third kappa shape index (κ3) is 2.94. The monoisotopic (exact) mass is 278 g/mol. The molecule has 0 bridgehead atoms. The number of nitro groups is 1. The van der Waals surface area contributed by atoms with Crippen molar-refractivity contribution in [1.82, 2.24) is 4.98 Å². The summed E-state index contributed by atoms with van der Waals surface area (Å²) >= 11 is 1.24. The van der Waals surface area contributed by atoms with Crippen molar-refractivity contribution in [3.63, 3.8) is 0 Å². The van der Waals surface area contributed by atoms with Gasteiger partial charge in [0, 0.05) is 23.1 Å². The fourth-order valence-corrected chi connectivity index (χ4v) is 2.24. The minimum absolute atomic E-state index is 0.00890. The highest BCUT2D eigenvalue weighted by atomic mass is 32.1. The van der Waals surface area contributed by atoms with Crippen LogP contribution in [0.1, 0.15) is 17.4 Å². The van der Waals surface area contributed by atoms with Gasteiger partial charge in [0.15, 0.2) is 5.69 Å². The summed E-state index contributed by atoms with van der Waals surface area (Å²) in [6, 6.07) is 6.12. The summed E-state index contributed by atoms with van der Waals surface area (Å²) in [6.45, 7) is 1.99. The third-order valence-electron chi connectivity index (χ3n) is 2.29. The van der Waals surface area contributed by atoms with Crippen molar-refractivity contribution < 1.29 is 14.5 Å². The molecule has 0 aliphatic rings. The van der Waals surface area contributed by atoms with E-state index in [1.807, 2.05) is 0 Å². The number of aromatic nitrogens is 1. The number of non-ortho nitro benzene ring substituents is 1. The summed E-state index contributed by atoms with van der Waals surface area (Å²) in [6.07, 6.45) is 0. The van der Waals surface area contributed by atoms with Gasteiger partial charge in [-0.3, -0.25) is 10.1 Å². The van der Waals surface area contributed by atoms with Crippen LogP contribution in [0.3, 0.4) is 0 Å². The molecule has 0 aliphatic carbocycles. The second-order valence-corrected chi connectivity index (χ2v) is 4.42. The average Bonchev–Trinajstić information content (AvgIpc) is 2.89. The number of hydrogen-bond acceptors (Lipinski definition) is 6. The van der Waals surface area contributed by atoms with Crippen LogP contribution in [-0.4, -0.2) is 22.5 Å². The highest BCUT2D eigenvalue weighted by Gasteiger charge is 2.14. The Labute approximate surface area is 112 Å². The SMILES string of the molecule is CCOC(=O)c1csc(-c2cccc([N+](=O)[O-])c2)n1. The zero-order valence-electron chi connectivity index (χ0n) is 10.0. The minimum Gasteiger partial charge on any atom is -0.461 e. The molecule has 7 heteroatoms. The van der Waals surface area contributed by atoms with Gasteiger partial charge in [0.25, 0.3) is 5.69 Å². The first-order valence-corrected chi connectivity index (χ1v) is 6.37. The van der Waals surface area contributed by atoms with Gasteiger partial charge in [-0.25, -0.2) is 9.78 Å². The van der Waals surface area contributed by atoms with E-state index in [0.29, 0.717) is 10.6 Å². The van der Waals surface area contributed by atoms with Crippen molar-refractivity contribution >= 4 is 23.0 Å². The fourth-order valence-electron chi connectivity index (χ4n) is 1.46. The maximum Gasteiger partial charge on any atom is 0.357 e. The highest BCUT2D eigenvalue weighted by molar-refractivity contribution is 7.13. The lowest BCUT2D eigenvalue weighted by atomic mass is 10.2. The molecule has 0 aliphatic heterocycles. The van der Waals surface area contributed by atoms with Gasteiger partial charge in [0.2, 0.25) is 0 Å². The summed E-state index contributed by atoms with van der Waals surface area (Å²) < 4.78 is 4.84. The van der Waals surface area contributed by atoms with Crippen LogP contribution in [-0.2, 0) is 4.74 Å². The van der Waals surface area contributed by atoms with Crippen molar-refractivity contribution in [3.05, 3.63) is 45.5 Å². The van der Waals surface area contributed by atoms with Crippen LogP contribution in [0.25, 0.3) is 10.6 Å². The molecule has 0 amide bonds. The zero-order valence-corrected chi connectivity index (χ0v) is 10.8. The smallest absolute Gasteiger partial charge is 0.357 e. The molecule has 2 rings (SSSR count). The number of rotatable bonds is 4. The minimum atomic E-state index is -0.490. The second-order valence-electron chi connectivity index (χ2n) is 3.57. The van der Waals surface area contributed by atoms with Gasteiger partial charge in [0.1, 0.15) is 5.01 Å². The molecule has 0 saturated carbocycles. The Morgan fingerprint density at radius 3 is 3.00 bits per heavy atom. The molecule has 0 atom stereocenters. The number of hydrogen-bond donors (Lipinski definition) is 0. The molecule has 0 N–H and O–H groups in total. The quantitative estimate of drug-likeness (QED) is 0.488. The van der Waals surface area contributed by atoms with E-state index in [2.05, 4.69) is 4.98 Å². The van der Waals surface area contributed by atoms with Crippen LogP contribution in [0.5, 0.6) is 0 Å². The van der Waals surface area contributed by atoms with E-state index < -0.39 is 10.9 Å². The number of nitro benzene ring substituents is 1. The first-order valence-electron chi connectivity index (χ1n) is 5.49. The first kappa shape index (κ1) is 13.2. The van der Waals surface area contributed by atoms with Crippen molar-refractivity contribution in [3.8, 4) is 10.6 Å². The molecule has 6 nitrogen and oxygen atoms in total. The number of carbonyl (C=O) groups is 1. The molecule has 0 fully saturated rings. The van der Waals surface area contributed by atoms with Crippen LogP contribution in [0.2, 0.25) is 0 Å². The molecule has 0 unspecified atom stereocenters.